The maximum absolute atomic E-state index is 11.8. The molecule has 0 heterocycles. The number of carbonyl (C=O) groups is 1. The molecule has 0 aliphatic heterocycles. The van der Waals surface area contributed by atoms with Crippen molar-refractivity contribution >= 4 is 11.9 Å². The van der Waals surface area contributed by atoms with E-state index in [1.54, 1.807) is 19.0 Å². The summed E-state index contributed by atoms with van der Waals surface area (Å²) in [5.41, 5.74) is 1.28. The standard InChI is InChI=1S/C19H32N4O/c1-7-14(2)21-19(20-13-18(24)23(5)6)22-16(4)15(3)17-11-9-8-10-12-17/h8-12,14-16H,7,13H2,1-6H3,(H2,20,21,22). The molecule has 0 saturated heterocycles. The van der Waals surface area contributed by atoms with Crippen molar-refractivity contribution in [2.45, 2.75) is 52.1 Å². The van der Waals surface area contributed by atoms with Crippen molar-refractivity contribution in [1.29, 1.82) is 0 Å². The van der Waals surface area contributed by atoms with E-state index in [2.05, 4.69) is 67.6 Å². The molecule has 0 spiro atoms. The van der Waals surface area contributed by atoms with Gasteiger partial charge in [-0.2, -0.15) is 0 Å². The number of rotatable bonds is 7. The van der Waals surface area contributed by atoms with E-state index in [9.17, 15) is 4.79 Å². The first-order valence-corrected chi connectivity index (χ1v) is 8.67. The monoisotopic (exact) mass is 332 g/mol. The van der Waals surface area contributed by atoms with Gasteiger partial charge in [0, 0.05) is 32.1 Å². The number of nitrogens with zero attached hydrogens (tertiary/aromatic N) is 2. The van der Waals surface area contributed by atoms with Crippen LogP contribution in [0.25, 0.3) is 0 Å². The maximum Gasteiger partial charge on any atom is 0.243 e. The Balaban J connectivity index is 2.79. The molecule has 24 heavy (non-hydrogen) atoms. The van der Waals surface area contributed by atoms with Crippen LogP contribution >= 0.6 is 0 Å². The van der Waals surface area contributed by atoms with Gasteiger partial charge < -0.3 is 15.5 Å². The first-order valence-electron chi connectivity index (χ1n) is 8.67. The van der Waals surface area contributed by atoms with Crippen molar-refractivity contribution < 1.29 is 4.79 Å². The number of amides is 1. The molecule has 3 atom stereocenters. The Morgan fingerprint density at radius 3 is 2.29 bits per heavy atom. The van der Waals surface area contributed by atoms with E-state index in [0.717, 1.165) is 6.42 Å². The van der Waals surface area contributed by atoms with Crippen LogP contribution in [-0.2, 0) is 4.79 Å². The first-order chi connectivity index (χ1) is 11.3. The van der Waals surface area contributed by atoms with Gasteiger partial charge in [0.05, 0.1) is 0 Å². The summed E-state index contributed by atoms with van der Waals surface area (Å²) in [6, 6.07) is 10.9. The van der Waals surface area contributed by atoms with Crippen LogP contribution in [0.1, 0.15) is 45.6 Å². The predicted octanol–water partition coefficient (Wildman–Crippen LogP) is 2.60. The second-order valence-electron chi connectivity index (χ2n) is 6.54. The third-order valence-corrected chi connectivity index (χ3v) is 4.31. The van der Waals surface area contributed by atoms with Gasteiger partial charge in [0.25, 0.3) is 0 Å². The summed E-state index contributed by atoms with van der Waals surface area (Å²) in [5.74, 6) is 1.01. The van der Waals surface area contributed by atoms with Crippen LogP contribution in [0.5, 0.6) is 0 Å². The van der Waals surface area contributed by atoms with Crippen LogP contribution < -0.4 is 10.6 Å². The molecule has 1 aromatic carbocycles. The molecule has 5 nitrogen and oxygen atoms in total. The van der Waals surface area contributed by atoms with Crippen LogP contribution in [0.4, 0.5) is 0 Å². The normalized spacial score (nSPS) is 15.3. The molecule has 3 unspecified atom stereocenters. The Morgan fingerprint density at radius 1 is 1.12 bits per heavy atom. The van der Waals surface area contributed by atoms with Crippen LogP contribution in [0.3, 0.4) is 0 Å². The van der Waals surface area contributed by atoms with Gasteiger partial charge in [0.15, 0.2) is 5.96 Å². The van der Waals surface area contributed by atoms with E-state index in [1.807, 2.05) is 6.07 Å². The maximum atomic E-state index is 11.8. The number of guanidine groups is 1. The molecular formula is C19H32N4O. The zero-order valence-electron chi connectivity index (χ0n) is 15.8. The summed E-state index contributed by atoms with van der Waals surface area (Å²) in [7, 11) is 3.49. The van der Waals surface area contributed by atoms with Gasteiger partial charge in [0.2, 0.25) is 5.91 Å². The fourth-order valence-electron chi connectivity index (χ4n) is 2.14. The van der Waals surface area contributed by atoms with Gasteiger partial charge in [0.1, 0.15) is 6.54 Å². The molecular weight excluding hydrogens is 300 g/mol. The third kappa shape index (κ3) is 6.60. The van der Waals surface area contributed by atoms with Gasteiger partial charge in [-0.1, -0.05) is 44.2 Å². The fourth-order valence-corrected chi connectivity index (χ4v) is 2.14. The number of aliphatic imine (C=N–C) groups is 1. The molecule has 5 heteroatoms. The SMILES string of the molecule is CCC(C)NC(=NCC(=O)N(C)C)NC(C)C(C)c1ccccc1. The van der Waals surface area contributed by atoms with E-state index in [-0.39, 0.29) is 18.5 Å². The van der Waals surface area contributed by atoms with Crippen molar-refractivity contribution in [3.63, 3.8) is 0 Å². The molecule has 134 valence electrons. The predicted molar refractivity (Wildman–Crippen MR) is 101 cm³/mol. The van der Waals surface area contributed by atoms with Crippen molar-refractivity contribution in [2.24, 2.45) is 4.99 Å². The zero-order chi connectivity index (χ0) is 18.1. The summed E-state index contributed by atoms with van der Waals surface area (Å²) in [5, 5.41) is 6.81. The van der Waals surface area contributed by atoms with Gasteiger partial charge in [-0.15, -0.1) is 0 Å². The zero-order valence-corrected chi connectivity index (χ0v) is 15.8. The Labute approximate surface area is 146 Å². The molecule has 0 aromatic heterocycles. The van der Waals surface area contributed by atoms with E-state index in [0.29, 0.717) is 17.9 Å². The van der Waals surface area contributed by atoms with E-state index in [4.69, 9.17) is 0 Å². The lowest BCUT2D eigenvalue weighted by molar-refractivity contribution is -0.127. The van der Waals surface area contributed by atoms with Crippen molar-refractivity contribution in [3.05, 3.63) is 35.9 Å². The van der Waals surface area contributed by atoms with Gasteiger partial charge in [-0.05, 0) is 25.8 Å². The van der Waals surface area contributed by atoms with E-state index in [1.165, 1.54) is 5.56 Å². The van der Waals surface area contributed by atoms with Crippen LogP contribution in [-0.4, -0.2) is 49.5 Å². The highest BCUT2D eigenvalue weighted by Gasteiger charge is 2.16. The quantitative estimate of drug-likeness (QED) is 0.596. The highest BCUT2D eigenvalue weighted by atomic mass is 16.2. The second-order valence-corrected chi connectivity index (χ2v) is 6.54. The lowest BCUT2D eigenvalue weighted by atomic mass is 9.94. The molecule has 1 aromatic rings. The summed E-state index contributed by atoms with van der Waals surface area (Å²) >= 11 is 0. The van der Waals surface area contributed by atoms with Gasteiger partial charge in [-0.3, -0.25) is 4.79 Å². The summed E-state index contributed by atoms with van der Waals surface area (Å²) in [6.07, 6.45) is 0.991. The van der Waals surface area contributed by atoms with Crippen LogP contribution in [0.15, 0.2) is 35.3 Å². The Kier molecular flexibility index (Phi) is 8.30. The molecule has 0 aliphatic rings. The Morgan fingerprint density at radius 2 is 1.75 bits per heavy atom. The summed E-state index contributed by atoms with van der Waals surface area (Å²) in [6.45, 7) is 8.70. The molecule has 1 amide bonds. The summed E-state index contributed by atoms with van der Waals surface area (Å²) in [4.78, 5) is 17.8. The fraction of sp³-hybridized carbons (Fsp3) is 0.579. The highest BCUT2D eigenvalue weighted by molar-refractivity contribution is 5.85. The third-order valence-electron chi connectivity index (χ3n) is 4.31. The van der Waals surface area contributed by atoms with E-state index >= 15 is 0 Å². The topological polar surface area (TPSA) is 56.7 Å². The number of likely N-dealkylation sites (N-methyl/N-ethyl adjacent to an activating group) is 1. The molecule has 0 radical (unpaired) electrons. The minimum atomic E-state index is -0.0102. The molecule has 0 bridgehead atoms. The Bertz CT molecular complexity index is 527. The number of nitrogens with one attached hydrogen (secondary N) is 2. The molecule has 0 fully saturated rings. The van der Waals surface area contributed by atoms with Gasteiger partial charge in [-0.25, -0.2) is 4.99 Å². The second kappa shape index (κ2) is 9.96. The van der Waals surface area contributed by atoms with Crippen molar-refractivity contribution in [1.82, 2.24) is 15.5 Å². The number of hydrogen-bond acceptors (Lipinski definition) is 2. The first kappa shape index (κ1) is 20.0. The largest absolute Gasteiger partial charge is 0.354 e. The van der Waals surface area contributed by atoms with Crippen molar-refractivity contribution in [2.75, 3.05) is 20.6 Å². The lowest BCUT2D eigenvalue weighted by Gasteiger charge is -2.25. The van der Waals surface area contributed by atoms with E-state index < -0.39 is 0 Å². The highest BCUT2D eigenvalue weighted by Crippen LogP contribution is 2.18. The molecule has 0 saturated carbocycles. The van der Waals surface area contributed by atoms with Crippen LogP contribution in [0, 0.1) is 0 Å². The average molecular weight is 332 g/mol. The smallest absolute Gasteiger partial charge is 0.243 e. The van der Waals surface area contributed by atoms with Gasteiger partial charge >= 0.3 is 0 Å². The summed E-state index contributed by atoms with van der Waals surface area (Å²) < 4.78 is 0. The minimum absolute atomic E-state index is 0.0102. The minimum Gasteiger partial charge on any atom is -0.354 e. The van der Waals surface area contributed by atoms with Crippen LogP contribution in [0.2, 0.25) is 0 Å². The van der Waals surface area contributed by atoms with Crippen molar-refractivity contribution in [3.8, 4) is 0 Å². The number of hydrogen-bond donors (Lipinski definition) is 2. The lowest BCUT2D eigenvalue weighted by Crippen LogP contribution is -2.47. The Hall–Kier alpha value is -2.04. The number of benzene rings is 1. The average Bonchev–Trinajstić information content (AvgIpc) is 2.58. The molecule has 0 aliphatic carbocycles. The molecule has 1 rings (SSSR count). The number of carbonyl (C=O) groups excluding carboxylic acids is 1. The molecule has 2 N–H and O–H groups in total.